The third-order valence-corrected chi connectivity index (χ3v) is 8.11. The number of carbonyl (C=O) groups excluding carboxylic acids is 2. The van der Waals surface area contributed by atoms with Gasteiger partial charge in [-0.2, -0.15) is 0 Å². The van der Waals surface area contributed by atoms with Crippen LogP contribution in [0.1, 0.15) is 53.6 Å². The maximum atomic E-state index is 13.1. The maximum Gasteiger partial charge on any atom is 0.303 e. The zero-order valence-electron chi connectivity index (χ0n) is 21.9. The van der Waals surface area contributed by atoms with Gasteiger partial charge in [-0.3, -0.25) is 9.59 Å². The molecule has 0 N–H and O–H groups in total. The molecule has 0 saturated carbocycles. The van der Waals surface area contributed by atoms with Crippen molar-refractivity contribution < 1.29 is 14.3 Å². The minimum Gasteiger partial charge on any atom is -0.454 e. The van der Waals surface area contributed by atoms with E-state index in [4.69, 9.17) is 27.9 Å². The van der Waals surface area contributed by atoms with Crippen LogP contribution in [-0.4, -0.2) is 54.9 Å². The van der Waals surface area contributed by atoms with Crippen molar-refractivity contribution >= 4 is 35.1 Å². The van der Waals surface area contributed by atoms with E-state index in [0.29, 0.717) is 22.2 Å². The van der Waals surface area contributed by atoms with Crippen LogP contribution in [0.2, 0.25) is 10.0 Å². The van der Waals surface area contributed by atoms with E-state index in [9.17, 15) is 9.59 Å². The molecule has 1 amide bonds. The summed E-state index contributed by atoms with van der Waals surface area (Å²) < 4.78 is 5.92. The molecule has 0 aliphatic carbocycles. The van der Waals surface area contributed by atoms with Gasteiger partial charge in [0.1, 0.15) is 5.60 Å². The van der Waals surface area contributed by atoms with Gasteiger partial charge in [-0.1, -0.05) is 77.8 Å². The first-order valence-corrected chi connectivity index (χ1v) is 13.8. The van der Waals surface area contributed by atoms with Crippen LogP contribution < -0.4 is 0 Å². The average Bonchev–Trinajstić information content (AvgIpc) is 2.93. The van der Waals surface area contributed by atoms with Crippen LogP contribution in [0, 0.1) is 0 Å². The number of nitrogens with zero attached hydrogens (tertiary/aromatic N) is 2. The lowest BCUT2D eigenvalue weighted by atomic mass is 9.83. The van der Waals surface area contributed by atoms with Crippen LogP contribution in [0.15, 0.2) is 78.9 Å². The fourth-order valence-corrected chi connectivity index (χ4v) is 5.59. The number of halogens is 2. The summed E-state index contributed by atoms with van der Waals surface area (Å²) in [4.78, 5) is 29.2. The fraction of sp³-hybridized carbons (Fsp3) is 0.355. The smallest absolute Gasteiger partial charge is 0.303 e. The molecule has 1 unspecified atom stereocenters. The molecule has 0 bridgehead atoms. The van der Waals surface area contributed by atoms with Crippen molar-refractivity contribution in [3.8, 4) is 0 Å². The van der Waals surface area contributed by atoms with Crippen molar-refractivity contribution in [2.24, 2.45) is 0 Å². The Kier molecular flexibility index (Phi) is 9.48. The molecule has 1 fully saturated rings. The summed E-state index contributed by atoms with van der Waals surface area (Å²) in [5.74, 6) is -0.188. The number of amides is 1. The Morgan fingerprint density at radius 3 is 2.18 bits per heavy atom. The number of hydrogen-bond donors (Lipinski definition) is 0. The summed E-state index contributed by atoms with van der Waals surface area (Å²) in [5, 5.41) is 1.03. The van der Waals surface area contributed by atoms with Gasteiger partial charge in [0.2, 0.25) is 0 Å². The number of rotatable bonds is 9. The number of benzene rings is 3. The lowest BCUT2D eigenvalue weighted by molar-refractivity contribution is -0.164. The Morgan fingerprint density at radius 2 is 1.58 bits per heavy atom. The molecule has 1 aliphatic heterocycles. The van der Waals surface area contributed by atoms with Gasteiger partial charge < -0.3 is 14.5 Å². The Hall–Kier alpha value is -2.86. The van der Waals surface area contributed by atoms with E-state index in [-0.39, 0.29) is 17.8 Å². The summed E-state index contributed by atoms with van der Waals surface area (Å²) in [6, 6.07) is 25.1. The van der Waals surface area contributed by atoms with Crippen LogP contribution in [0.5, 0.6) is 0 Å². The first-order chi connectivity index (χ1) is 18.3. The Bertz CT molecular complexity index is 1230. The van der Waals surface area contributed by atoms with E-state index in [1.54, 1.807) is 4.90 Å². The molecule has 4 rings (SSSR count). The molecule has 3 aromatic rings. The number of esters is 1. The Balaban J connectivity index is 1.45. The van der Waals surface area contributed by atoms with Gasteiger partial charge in [0.15, 0.2) is 0 Å². The first kappa shape index (κ1) is 28.2. The predicted molar refractivity (Wildman–Crippen MR) is 153 cm³/mol. The molecule has 1 heterocycles. The Labute approximate surface area is 235 Å². The Morgan fingerprint density at radius 1 is 0.947 bits per heavy atom. The van der Waals surface area contributed by atoms with Gasteiger partial charge in [-0.25, -0.2) is 0 Å². The highest BCUT2D eigenvalue weighted by atomic mass is 35.5. The summed E-state index contributed by atoms with van der Waals surface area (Å²) in [6.07, 6.45) is 2.32. The third kappa shape index (κ3) is 6.96. The van der Waals surface area contributed by atoms with Crippen LogP contribution >= 0.6 is 23.2 Å². The van der Waals surface area contributed by atoms with Gasteiger partial charge >= 0.3 is 5.97 Å². The summed E-state index contributed by atoms with van der Waals surface area (Å²) >= 11 is 12.6. The van der Waals surface area contributed by atoms with Crippen LogP contribution in [0.3, 0.4) is 0 Å². The molecule has 1 atom stereocenters. The van der Waals surface area contributed by atoms with E-state index in [1.165, 1.54) is 6.92 Å². The SMILES string of the molecule is CC(=O)OC1(c2ccccc2)CCN(CCC(CN(C)C(=O)c2ccccc2)c2ccc(Cl)c(Cl)c2)CC1. The van der Waals surface area contributed by atoms with E-state index < -0.39 is 5.60 Å². The van der Waals surface area contributed by atoms with Gasteiger partial charge in [0, 0.05) is 57.9 Å². The van der Waals surface area contributed by atoms with Crippen molar-refractivity contribution in [3.05, 3.63) is 106 Å². The van der Waals surface area contributed by atoms with Crippen LogP contribution in [-0.2, 0) is 15.1 Å². The van der Waals surface area contributed by atoms with Gasteiger partial charge in [-0.15, -0.1) is 0 Å². The topological polar surface area (TPSA) is 49.9 Å². The molecule has 0 aromatic heterocycles. The summed E-state index contributed by atoms with van der Waals surface area (Å²) in [5.41, 5.74) is 2.18. The van der Waals surface area contributed by atoms with Crippen LogP contribution in [0.4, 0.5) is 0 Å². The quantitative estimate of drug-likeness (QED) is 0.274. The van der Waals surface area contributed by atoms with Crippen molar-refractivity contribution in [2.45, 2.75) is 37.7 Å². The molecule has 200 valence electrons. The second-order valence-electron chi connectivity index (χ2n) is 10.0. The van der Waals surface area contributed by atoms with Crippen LogP contribution in [0.25, 0.3) is 0 Å². The van der Waals surface area contributed by atoms with Crippen molar-refractivity contribution in [2.75, 3.05) is 33.2 Å². The van der Waals surface area contributed by atoms with E-state index in [0.717, 1.165) is 50.0 Å². The van der Waals surface area contributed by atoms with Gasteiger partial charge in [-0.05, 0) is 48.4 Å². The molecule has 1 aliphatic rings. The third-order valence-electron chi connectivity index (χ3n) is 7.37. The highest BCUT2D eigenvalue weighted by Gasteiger charge is 2.39. The molecular formula is C31H34Cl2N2O3. The number of piperidine rings is 1. The standard InChI is InChI=1S/C31H34Cl2N2O3/c1-23(36)38-31(27-11-7-4-8-12-27)16-19-35(20-17-31)18-15-26(25-13-14-28(32)29(33)21-25)22-34(2)30(37)24-9-5-3-6-10-24/h3-14,21,26H,15-20,22H2,1-2H3. The van der Waals surface area contributed by atoms with E-state index >= 15 is 0 Å². The van der Waals surface area contributed by atoms with Crippen molar-refractivity contribution in [3.63, 3.8) is 0 Å². The number of ether oxygens (including phenoxy) is 1. The lowest BCUT2D eigenvalue weighted by Crippen LogP contribution is -2.45. The van der Waals surface area contributed by atoms with Crippen molar-refractivity contribution in [1.82, 2.24) is 9.80 Å². The monoisotopic (exact) mass is 552 g/mol. The lowest BCUT2D eigenvalue weighted by Gasteiger charge is -2.41. The predicted octanol–water partition coefficient (Wildman–Crippen LogP) is 6.79. The highest BCUT2D eigenvalue weighted by molar-refractivity contribution is 6.42. The minimum absolute atomic E-state index is 0.0114. The number of likely N-dealkylation sites (N-methyl/N-ethyl adjacent to an activating group) is 1. The molecule has 5 nitrogen and oxygen atoms in total. The second-order valence-corrected chi connectivity index (χ2v) is 10.8. The largest absolute Gasteiger partial charge is 0.454 e. The van der Waals surface area contributed by atoms with E-state index in [1.807, 2.05) is 85.9 Å². The normalized spacial score (nSPS) is 16.0. The second kappa shape index (κ2) is 12.8. The fourth-order valence-electron chi connectivity index (χ4n) is 5.29. The zero-order chi connectivity index (χ0) is 27.1. The number of likely N-dealkylation sites (tertiary alicyclic amines) is 1. The molecule has 0 radical (unpaired) electrons. The number of hydrogen-bond acceptors (Lipinski definition) is 4. The highest BCUT2D eigenvalue weighted by Crippen LogP contribution is 2.37. The van der Waals surface area contributed by atoms with Crippen molar-refractivity contribution in [1.29, 1.82) is 0 Å². The van der Waals surface area contributed by atoms with Gasteiger partial charge in [0.25, 0.3) is 5.91 Å². The van der Waals surface area contributed by atoms with E-state index in [2.05, 4.69) is 4.90 Å². The molecular weight excluding hydrogens is 519 g/mol. The molecule has 0 spiro atoms. The summed E-state index contributed by atoms with van der Waals surface area (Å²) in [6.45, 7) is 4.51. The maximum absolute atomic E-state index is 13.1. The molecule has 3 aromatic carbocycles. The molecule has 7 heteroatoms. The molecule has 38 heavy (non-hydrogen) atoms. The first-order valence-electron chi connectivity index (χ1n) is 13.0. The summed E-state index contributed by atoms with van der Waals surface area (Å²) in [7, 11) is 1.84. The average molecular weight is 554 g/mol. The zero-order valence-corrected chi connectivity index (χ0v) is 23.4. The minimum atomic E-state index is -0.588. The van der Waals surface area contributed by atoms with Gasteiger partial charge in [0.05, 0.1) is 10.0 Å². The molecule has 1 saturated heterocycles. The number of carbonyl (C=O) groups is 2.